The van der Waals surface area contributed by atoms with Gasteiger partial charge in [0.25, 0.3) is 5.56 Å². The standard InChI is InChI=1S/C22H25N3O3S/c1-5-11-28-21(27)16-14(4)23-19-18(17(16)15-9-7-13(3)8-10-15)20(26)25-22(24-19)29-12-6-2/h5,7-10,17H,1,6,11-12H2,2-4H3,(H2,23,24,25,26). The number of H-pyrrole nitrogens is 1. The molecule has 3 rings (SSSR count). The molecule has 7 heteroatoms. The van der Waals surface area contributed by atoms with Crippen molar-refractivity contribution in [2.75, 3.05) is 17.7 Å². The quantitative estimate of drug-likeness (QED) is 0.308. The number of aryl methyl sites for hydroxylation is 1. The Bertz CT molecular complexity index is 1010. The number of ether oxygens (including phenoxy) is 1. The molecule has 2 N–H and O–H groups in total. The number of anilines is 1. The Hall–Kier alpha value is -2.80. The molecule has 1 aliphatic rings. The van der Waals surface area contributed by atoms with Gasteiger partial charge in [0.15, 0.2) is 5.16 Å². The highest BCUT2D eigenvalue weighted by molar-refractivity contribution is 7.99. The molecule has 1 aromatic heterocycles. The summed E-state index contributed by atoms with van der Waals surface area (Å²) in [5, 5.41) is 3.71. The monoisotopic (exact) mass is 411 g/mol. The second kappa shape index (κ2) is 9.13. The Balaban J connectivity index is 2.15. The number of hydrogen-bond acceptors (Lipinski definition) is 6. The molecular formula is C22H25N3O3S. The highest BCUT2D eigenvalue weighted by Gasteiger charge is 2.36. The van der Waals surface area contributed by atoms with Crippen molar-refractivity contribution in [2.24, 2.45) is 0 Å². The van der Waals surface area contributed by atoms with Gasteiger partial charge in [0.2, 0.25) is 0 Å². The Morgan fingerprint density at radius 3 is 2.69 bits per heavy atom. The Morgan fingerprint density at radius 2 is 2.03 bits per heavy atom. The first-order valence-electron chi connectivity index (χ1n) is 9.55. The Morgan fingerprint density at radius 1 is 1.31 bits per heavy atom. The normalized spacial score (nSPS) is 15.5. The summed E-state index contributed by atoms with van der Waals surface area (Å²) >= 11 is 1.50. The summed E-state index contributed by atoms with van der Waals surface area (Å²) in [6.45, 7) is 9.56. The number of allylic oxidation sites excluding steroid dienone is 1. The van der Waals surface area contributed by atoms with E-state index >= 15 is 0 Å². The van der Waals surface area contributed by atoms with Gasteiger partial charge in [0.05, 0.1) is 17.1 Å². The van der Waals surface area contributed by atoms with E-state index in [1.807, 2.05) is 31.2 Å². The van der Waals surface area contributed by atoms with Crippen molar-refractivity contribution < 1.29 is 9.53 Å². The lowest BCUT2D eigenvalue weighted by molar-refractivity contribution is -0.138. The second-order valence-electron chi connectivity index (χ2n) is 6.88. The van der Waals surface area contributed by atoms with Gasteiger partial charge in [-0.1, -0.05) is 61.2 Å². The van der Waals surface area contributed by atoms with Gasteiger partial charge in [-0.25, -0.2) is 9.78 Å². The van der Waals surface area contributed by atoms with Gasteiger partial charge < -0.3 is 15.0 Å². The maximum Gasteiger partial charge on any atom is 0.337 e. The van der Waals surface area contributed by atoms with Crippen LogP contribution in [0.3, 0.4) is 0 Å². The molecule has 0 saturated carbocycles. The number of carbonyl (C=O) groups is 1. The van der Waals surface area contributed by atoms with Crippen molar-refractivity contribution in [1.29, 1.82) is 0 Å². The smallest absolute Gasteiger partial charge is 0.337 e. The fourth-order valence-corrected chi connectivity index (χ4v) is 3.99. The second-order valence-corrected chi connectivity index (χ2v) is 7.96. The number of nitrogens with zero attached hydrogens (tertiary/aromatic N) is 1. The van der Waals surface area contributed by atoms with E-state index < -0.39 is 11.9 Å². The van der Waals surface area contributed by atoms with Crippen molar-refractivity contribution in [3.05, 3.63) is 75.2 Å². The zero-order valence-corrected chi connectivity index (χ0v) is 17.7. The van der Waals surface area contributed by atoms with Crippen LogP contribution < -0.4 is 10.9 Å². The molecule has 1 atom stereocenters. The van der Waals surface area contributed by atoms with Gasteiger partial charge in [0, 0.05) is 11.4 Å². The minimum Gasteiger partial charge on any atom is -0.458 e. The van der Waals surface area contributed by atoms with Crippen LogP contribution in [0.25, 0.3) is 0 Å². The zero-order valence-electron chi connectivity index (χ0n) is 16.9. The van der Waals surface area contributed by atoms with Gasteiger partial charge in [-0.15, -0.1) is 0 Å². The molecule has 1 aromatic carbocycles. The molecule has 1 unspecified atom stereocenters. The summed E-state index contributed by atoms with van der Waals surface area (Å²) in [6, 6.07) is 7.79. The van der Waals surface area contributed by atoms with E-state index in [1.165, 1.54) is 17.8 Å². The van der Waals surface area contributed by atoms with E-state index in [9.17, 15) is 9.59 Å². The van der Waals surface area contributed by atoms with Crippen LogP contribution >= 0.6 is 11.8 Å². The van der Waals surface area contributed by atoms with E-state index in [2.05, 4.69) is 28.8 Å². The molecule has 0 bridgehead atoms. The van der Waals surface area contributed by atoms with Crippen LogP contribution in [0, 0.1) is 6.92 Å². The zero-order chi connectivity index (χ0) is 21.0. The summed E-state index contributed by atoms with van der Waals surface area (Å²) in [4.78, 5) is 33.4. The van der Waals surface area contributed by atoms with Crippen LogP contribution in [0.1, 0.15) is 42.9 Å². The van der Waals surface area contributed by atoms with Crippen LogP contribution in [0.15, 0.2) is 58.1 Å². The summed E-state index contributed by atoms with van der Waals surface area (Å²) in [7, 11) is 0. The fraction of sp³-hybridized carbons (Fsp3) is 0.318. The van der Waals surface area contributed by atoms with Crippen LogP contribution in [0.4, 0.5) is 5.82 Å². The first kappa shape index (κ1) is 20.9. The largest absolute Gasteiger partial charge is 0.458 e. The number of aromatic amines is 1. The van der Waals surface area contributed by atoms with Crippen molar-refractivity contribution in [1.82, 2.24) is 9.97 Å². The van der Waals surface area contributed by atoms with E-state index in [0.29, 0.717) is 27.8 Å². The highest BCUT2D eigenvalue weighted by atomic mass is 32.2. The Labute approximate surface area is 174 Å². The molecule has 29 heavy (non-hydrogen) atoms. The molecule has 152 valence electrons. The van der Waals surface area contributed by atoms with Crippen molar-refractivity contribution in [3.8, 4) is 0 Å². The van der Waals surface area contributed by atoms with Crippen LogP contribution in [0.2, 0.25) is 0 Å². The summed E-state index contributed by atoms with van der Waals surface area (Å²) in [5.74, 6) is 0.299. The molecule has 1 aliphatic heterocycles. The number of esters is 1. The lowest BCUT2D eigenvalue weighted by Gasteiger charge is -2.28. The maximum atomic E-state index is 13.0. The number of rotatable bonds is 7. The average Bonchev–Trinajstić information content (AvgIpc) is 2.70. The predicted molar refractivity (Wildman–Crippen MR) is 116 cm³/mol. The molecule has 0 aliphatic carbocycles. The molecule has 0 fully saturated rings. The summed E-state index contributed by atoms with van der Waals surface area (Å²) in [6.07, 6.45) is 2.49. The highest BCUT2D eigenvalue weighted by Crippen LogP contribution is 2.40. The molecule has 2 heterocycles. The number of aromatic nitrogens is 2. The molecular weight excluding hydrogens is 386 g/mol. The molecule has 0 saturated heterocycles. The number of carbonyl (C=O) groups excluding carboxylic acids is 1. The molecule has 0 radical (unpaired) electrons. The summed E-state index contributed by atoms with van der Waals surface area (Å²) < 4.78 is 5.32. The lowest BCUT2D eigenvalue weighted by atomic mass is 9.82. The first-order chi connectivity index (χ1) is 14.0. The van der Waals surface area contributed by atoms with Gasteiger partial charge >= 0.3 is 5.97 Å². The molecule has 0 amide bonds. The predicted octanol–water partition coefficient (Wildman–Crippen LogP) is 4.14. The van der Waals surface area contributed by atoms with Gasteiger partial charge in [-0.3, -0.25) is 4.79 Å². The van der Waals surface area contributed by atoms with Crippen LogP contribution in [-0.2, 0) is 9.53 Å². The van der Waals surface area contributed by atoms with E-state index in [1.54, 1.807) is 6.92 Å². The fourth-order valence-electron chi connectivity index (χ4n) is 3.27. The lowest BCUT2D eigenvalue weighted by Crippen LogP contribution is -2.31. The number of nitrogens with one attached hydrogen (secondary N) is 2. The van der Waals surface area contributed by atoms with Crippen LogP contribution in [-0.4, -0.2) is 28.3 Å². The third kappa shape index (κ3) is 4.45. The topological polar surface area (TPSA) is 84.1 Å². The van der Waals surface area contributed by atoms with Gasteiger partial charge in [-0.05, 0) is 25.8 Å². The third-order valence-corrected chi connectivity index (χ3v) is 5.71. The number of benzene rings is 1. The molecule has 0 spiro atoms. The van der Waals surface area contributed by atoms with E-state index in [-0.39, 0.29) is 12.2 Å². The average molecular weight is 412 g/mol. The minimum atomic E-state index is -0.564. The number of hydrogen-bond donors (Lipinski definition) is 2. The van der Waals surface area contributed by atoms with Crippen molar-refractivity contribution in [2.45, 2.75) is 38.3 Å². The molecule has 2 aromatic rings. The Kier molecular flexibility index (Phi) is 6.59. The first-order valence-corrected chi connectivity index (χ1v) is 10.5. The minimum absolute atomic E-state index is 0.101. The van der Waals surface area contributed by atoms with Crippen molar-refractivity contribution in [3.63, 3.8) is 0 Å². The van der Waals surface area contributed by atoms with Gasteiger partial charge in [-0.2, -0.15) is 0 Å². The van der Waals surface area contributed by atoms with Crippen molar-refractivity contribution >= 4 is 23.5 Å². The number of fused-ring (bicyclic) bond motifs is 1. The molecule has 6 nitrogen and oxygen atoms in total. The summed E-state index contributed by atoms with van der Waals surface area (Å²) in [5.41, 5.74) is 3.13. The van der Waals surface area contributed by atoms with Crippen LogP contribution in [0.5, 0.6) is 0 Å². The van der Waals surface area contributed by atoms with Gasteiger partial charge in [0.1, 0.15) is 12.4 Å². The maximum absolute atomic E-state index is 13.0. The van der Waals surface area contributed by atoms with E-state index in [0.717, 1.165) is 23.3 Å². The van der Waals surface area contributed by atoms with E-state index in [4.69, 9.17) is 4.74 Å². The number of thioether (sulfide) groups is 1. The third-order valence-electron chi connectivity index (χ3n) is 4.63. The SMILES string of the molecule is C=CCOC(=O)C1=C(C)Nc2nc(SCCC)[nH]c(=O)c2C1c1ccc(C)cc1.